The molecule has 0 spiro atoms. The highest BCUT2D eigenvalue weighted by Crippen LogP contribution is 2.28. The molecule has 1 heterocycles. The summed E-state index contributed by atoms with van der Waals surface area (Å²) in [5.74, 6) is -0.507. The van der Waals surface area contributed by atoms with Crippen LogP contribution in [-0.4, -0.2) is 20.7 Å². The Labute approximate surface area is 127 Å². The number of carbonyl (C=O) groups excluding carboxylic acids is 1. The molecule has 114 valence electrons. The van der Waals surface area contributed by atoms with Crippen LogP contribution < -0.4 is 10.9 Å². The van der Waals surface area contributed by atoms with Crippen molar-refractivity contribution in [3.8, 4) is 0 Å². The first-order chi connectivity index (χ1) is 10.4. The maximum atomic E-state index is 11.9. The maximum Gasteiger partial charge on any atom is 0.300 e. The molecule has 1 amide bonds. The van der Waals surface area contributed by atoms with Crippen LogP contribution in [0.25, 0.3) is 0 Å². The molecule has 0 aliphatic rings. The van der Waals surface area contributed by atoms with E-state index in [1.165, 1.54) is 5.51 Å². The zero-order valence-corrected chi connectivity index (χ0v) is 11.9. The minimum Gasteiger partial charge on any atom is -0.292 e. The van der Waals surface area contributed by atoms with E-state index in [4.69, 9.17) is 0 Å². The van der Waals surface area contributed by atoms with E-state index >= 15 is 0 Å². The molecule has 1 aromatic heterocycles. The third-order valence-electron chi connectivity index (χ3n) is 2.65. The van der Waals surface area contributed by atoms with Gasteiger partial charge in [0, 0.05) is 6.07 Å². The number of hydrazine groups is 1. The fourth-order valence-electron chi connectivity index (χ4n) is 1.59. The molecule has 0 unspecified atom stereocenters. The predicted octanol–water partition coefficient (Wildman–Crippen LogP) is 2.02. The summed E-state index contributed by atoms with van der Waals surface area (Å²) in [5, 5.41) is 21.6. The van der Waals surface area contributed by atoms with Crippen LogP contribution in [0.3, 0.4) is 0 Å². The third-order valence-corrected chi connectivity index (χ3v) is 3.58. The van der Waals surface area contributed by atoms with Crippen molar-refractivity contribution < 1.29 is 14.6 Å². The van der Waals surface area contributed by atoms with Crippen molar-refractivity contribution in [1.29, 1.82) is 0 Å². The van der Waals surface area contributed by atoms with Crippen molar-refractivity contribution in [2.24, 2.45) is 0 Å². The van der Waals surface area contributed by atoms with Gasteiger partial charge in [-0.3, -0.25) is 35.9 Å². The lowest BCUT2D eigenvalue weighted by Gasteiger charge is -2.08. The van der Waals surface area contributed by atoms with Gasteiger partial charge in [0.1, 0.15) is 10.6 Å². The van der Waals surface area contributed by atoms with Gasteiger partial charge in [-0.25, -0.2) is 4.98 Å². The zero-order valence-electron chi connectivity index (χ0n) is 11.1. The number of hydrogen-bond acceptors (Lipinski definition) is 8. The Morgan fingerprint density at radius 1 is 1.27 bits per heavy atom. The van der Waals surface area contributed by atoms with Gasteiger partial charge in [-0.15, -0.1) is 11.3 Å². The fourth-order valence-corrected chi connectivity index (χ4v) is 2.29. The predicted molar refractivity (Wildman–Crippen MR) is 77.7 cm³/mol. The van der Waals surface area contributed by atoms with Crippen LogP contribution in [0, 0.1) is 27.2 Å². The van der Waals surface area contributed by atoms with E-state index in [0.717, 1.165) is 29.5 Å². The molecule has 0 saturated carbocycles. The van der Waals surface area contributed by atoms with Crippen molar-refractivity contribution in [1.82, 2.24) is 10.4 Å². The summed E-state index contributed by atoms with van der Waals surface area (Å²) in [6.45, 7) is 1.65. The van der Waals surface area contributed by atoms with Gasteiger partial charge in [0.15, 0.2) is 0 Å². The number of thiazole rings is 1. The molecular formula is C11H9N5O5S. The van der Waals surface area contributed by atoms with Crippen LogP contribution in [0.4, 0.5) is 17.1 Å². The fraction of sp³-hybridized carbons (Fsp3) is 0.0909. The molecule has 11 heteroatoms. The van der Waals surface area contributed by atoms with Crippen LogP contribution in [0.15, 0.2) is 23.7 Å². The molecule has 1 aromatic carbocycles. The molecule has 2 aromatic rings. The van der Waals surface area contributed by atoms with Crippen LogP contribution in [-0.2, 0) is 0 Å². The summed E-state index contributed by atoms with van der Waals surface area (Å²) in [7, 11) is 0. The number of aryl methyl sites for hydroxylation is 1. The number of hydrogen-bond donors (Lipinski definition) is 2. The van der Waals surface area contributed by atoms with Crippen LogP contribution >= 0.6 is 11.3 Å². The summed E-state index contributed by atoms with van der Waals surface area (Å²) in [6.07, 6.45) is 0. The monoisotopic (exact) mass is 323 g/mol. The van der Waals surface area contributed by atoms with Gasteiger partial charge in [-0.1, -0.05) is 0 Å². The maximum absolute atomic E-state index is 11.9. The molecule has 0 aliphatic heterocycles. The van der Waals surface area contributed by atoms with Gasteiger partial charge in [-0.2, -0.15) is 0 Å². The normalized spacial score (nSPS) is 10.0. The highest BCUT2D eigenvalue weighted by molar-refractivity contribution is 7.11. The number of nitro groups is 2. The van der Waals surface area contributed by atoms with Gasteiger partial charge < -0.3 is 0 Å². The number of nitrogens with one attached hydrogen (secondary N) is 2. The van der Waals surface area contributed by atoms with Crippen molar-refractivity contribution in [3.05, 3.63) is 54.5 Å². The van der Waals surface area contributed by atoms with Gasteiger partial charge in [0.25, 0.3) is 11.6 Å². The number of carbonyl (C=O) groups is 1. The molecule has 0 aliphatic carbocycles. The Hall–Kier alpha value is -3.08. The van der Waals surface area contributed by atoms with E-state index in [9.17, 15) is 25.0 Å². The SMILES string of the molecule is Cc1ncsc1C(=O)NNc1ccc([N+](=O)[O-])cc1[N+](=O)[O-]. The quantitative estimate of drug-likeness (QED) is 0.633. The molecule has 0 bridgehead atoms. The number of benzene rings is 1. The number of nitrogens with zero attached hydrogens (tertiary/aromatic N) is 3. The van der Waals surface area contributed by atoms with Gasteiger partial charge in [0.05, 0.1) is 27.1 Å². The first-order valence-electron chi connectivity index (χ1n) is 5.79. The molecule has 2 rings (SSSR count). The summed E-state index contributed by atoms with van der Waals surface area (Å²) < 4.78 is 0. The molecule has 0 saturated heterocycles. The van der Waals surface area contributed by atoms with Gasteiger partial charge >= 0.3 is 5.69 Å². The average molecular weight is 323 g/mol. The number of non-ortho nitro benzene ring substituents is 1. The van der Waals surface area contributed by atoms with Crippen LogP contribution in [0.2, 0.25) is 0 Å². The number of nitro benzene ring substituents is 2. The molecule has 0 atom stereocenters. The molecule has 0 fully saturated rings. The standard InChI is InChI=1S/C11H9N5O5S/c1-6-10(22-5-12-6)11(17)14-13-8-3-2-7(15(18)19)4-9(8)16(20)21/h2-5,13H,1H3,(H,14,17). The molecular weight excluding hydrogens is 314 g/mol. The smallest absolute Gasteiger partial charge is 0.292 e. The number of amides is 1. The van der Waals surface area contributed by atoms with E-state index < -0.39 is 27.1 Å². The molecule has 10 nitrogen and oxygen atoms in total. The molecule has 22 heavy (non-hydrogen) atoms. The lowest BCUT2D eigenvalue weighted by Crippen LogP contribution is -2.29. The summed E-state index contributed by atoms with van der Waals surface area (Å²) in [4.78, 5) is 36.2. The number of aromatic nitrogens is 1. The van der Waals surface area contributed by atoms with E-state index in [1.807, 2.05) is 0 Å². The Bertz CT molecular complexity index is 759. The largest absolute Gasteiger partial charge is 0.300 e. The Morgan fingerprint density at radius 2 is 2.00 bits per heavy atom. The van der Waals surface area contributed by atoms with Crippen LogP contribution in [0.5, 0.6) is 0 Å². The lowest BCUT2D eigenvalue weighted by atomic mass is 10.2. The van der Waals surface area contributed by atoms with Crippen molar-refractivity contribution in [3.63, 3.8) is 0 Å². The van der Waals surface area contributed by atoms with Gasteiger partial charge in [-0.05, 0) is 13.0 Å². The highest BCUT2D eigenvalue weighted by Gasteiger charge is 2.20. The summed E-state index contributed by atoms with van der Waals surface area (Å²) >= 11 is 1.12. The minimum atomic E-state index is -0.778. The molecule has 0 radical (unpaired) electrons. The lowest BCUT2D eigenvalue weighted by molar-refractivity contribution is -0.393. The number of rotatable bonds is 5. The number of anilines is 1. The second-order valence-electron chi connectivity index (χ2n) is 4.06. The first-order valence-corrected chi connectivity index (χ1v) is 6.67. The Balaban J connectivity index is 2.19. The van der Waals surface area contributed by atoms with Crippen LogP contribution in [0.1, 0.15) is 15.4 Å². The topological polar surface area (TPSA) is 140 Å². The van der Waals surface area contributed by atoms with Crippen molar-refractivity contribution in [2.45, 2.75) is 6.92 Å². The highest BCUT2D eigenvalue weighted by atomic mass is 32.1. The zero-order chi connectivity index (χ0) is 16.3. The average Bonchev–Trinajstić information content (AvgIpc) is 2.90. The first kappa shape index (κ1) is 15.3. The second-order valence-corrected chi connectivity index (χ2v) is 4.92. The van der Waals surface area contributed by atoms with E-state index in [2.05, 4.69) is 15.8 Å². The van der Waals surface area contributed by atoms with Crippen molar-refractivity contribution in [2.75, 3.05) is 5.43 Å². The molecule has 2 N–H and O–H groups in total. The Morgan fingerprint density at radius 3 is 2.55 bits per heavy atom. The van der Waals surface area contributed by atoms with E-state index in [0.29, 0.717) is 10.6 Å². The van der Waals surface area contributed by atoms with E-state index in [1.54, 1.807) is 6.92 Å². The second kappa shape index (κ2) is 6.13. The third kappa shape index (κ3) is 3.15. The minimum absolute atomic E-state index is 0.0638. The summed E-state index contributed by atoms with van der Waals surface area (Å²) in [5.41, 5.74) is 5.72. The summed E-state index contributed by atoms with van der Waals surface area (Å²) in [6, 6.07) is 3.06. The Kier molecular flexibility index (Phi) is 4.27. The van der Waals surface area contributed by atoms with E-state index in [-0.39, 0.29) is 5.69 Å². The van der Waals surface area contributed by atoms with Crippen molar-refractivity contribution >= 4 is 34.3 Å². The van der Waals surface area contributed by atoms with Gasteiger partial charge in [0.2, 0.25) is 0 Å².